The van der Waals surface area contributed by atoms with Crippen molar-refractivity contribution in [1.82, 2.24) is 0 Å². The molecule has 2 rings (SSSR count). The van der Waals surface area contributed by atoms with Crippen LogP contribution in [0.1, 0.15) is 36.5 Å². The minimum absolute atomic E-state index is 0.611. The molecule has 0 saturated heterocycles. The number of fused-ring (bicyclic) bond motifs is 1. The summed E-state index contributed by atoms with van der Waals surface area (Å²) in [4.78, 5) is 0. The van der Waals surface area contributed by atoms with Crippen LogP contribution in [-0.4, -0.2) is 0 Å². The van der Waals surface area contributed by atoms with Gasteiger partial charge in [-0.1, -0.05) is 31.2 Å². The molecule has 0 saturated carbocycles. The highest BCUT2D eigenvalue weighted by atomic mass is 14.2. The number of aryl methyl sites for hydroxylation is 1. The van der Waals surface area contributed by atoms with Crippen molar-refractivity contribution in [2.75, 3.05) is 0 Å². The van der Waals surface area contributed by atoms with Gasteiger partial charge in [-0.15, -0.1) is 0 Å². The third kappa shape index (κ3) is 0.911. The van der Waals surface area contributed by atoms with Crippen LogP contribution in [-0.2, 0) is 0 Å². The molecule has 0 fully saturated rings. The molecule has 0 bridgehead atoms. The highest BCUT2D eigenvalue weighted by Crippen LogP contribution is 2.36. The molecule has 1 unspecified atom stereocenters. The summed E-state index contributed by atoms with van der Waals surface area (Å²) in [5, 5.41) is 0. The highest BCUT2D eigenvalue weighted by Gasteiger charge is 2.17. The number of hydrogen-bond donors (Lipinski definition) is 0. The molecular formula is C12H14. The Kier molecular flexibility index (Phi) is 1.57. The maximum absolute atomic E-state index is 2.34. The van der Waals surface area contributed by atoms with E-state index in [2.05, 4.69) is 45.0 Å². The molecule has 1 aromatic carbocycles. The van der Waals surface area contributed by atoms with Gasteiger partial charge in [-0.05, 0) is 36.1 Å². The van der Waals surface area contributed by atoms with Crippen LogP contribution in [0.3, 0.4) is 0 Å². The van der Waals surface area contributed by atoms with Crippen molar-refractivity contribution in [3.8, 4) is 0 Å². The molecule has 0 N–H and O–H groups in total. The van der Waals surface area contributed by atoms with E-state index >= 15 is 0 Å². The zero-order valence-electron chi connectivity index (χ0n) is 7.89. The van der Waals surface area contributed by atoms with Gasteiger partial charge < -0.3 is 0 Å². The van der Waals surface area contributed by atoms with E-state index in [9.17, 15) is 0 Å². The second-order valence-electron chi connectivity index (χ2n) is 3.68. The van der Waals surface area contributed by atoms with Gasteiger partial charge in [-0.3, -0.25) is 0 Å². The van der Waals surface area contributed by atoms with E-state index in [0.29, 0.717) is 5.92 Å². The lowest BCUT2D eigenvalue weighted by Crippen LogP contribution is -1.89. The van der Waals surface area contributed by atoms with Gasteiger partial charge in [0, 0.05) is 5.92 Å². The number of rotatable bonds is 0. The molecule has 62 valence electrons. The maximum atomic E-state index is 2.34. The summed E-state index contributed by atoms with van der Waals surface area (Å²) in [5.74, 6) is 0.611. The lowest BCUT2D eigenvalue weighted by molar-refractivity contribution is 0.987. The Bertz CT molecular complexity index is 345. The van der Waals surface area contributed by atoms with Gasteiger partial charge in [-0.2, -0.15) is 0 Å². The first-order valence-electron chi connectivity index (χ1n) is 4.48. The van der Waals surface area contributed by atoms with Crippen LogP contribution in [0, 0.1) is 6.92 Å². The van der Waals surface area contributed by atoms with Gasteiger partial charge in [-0.25, -0.2) is 0 Å². The van der Waals surface area contributed by atoms with Crippen LogP contribution < -0.4 is 0 Å². The quantitative estimate of drug-likeness (QED) is 0.542. The molecule has 0 heterocycles. The molecule has 1 aliphatic carbocycles. The van der Waals surface area contributed by atoms with Crippen LogP contribution in [0.5, 0.6) is 0 Å². The molecule has 12 heavy (non-hydrogen) atoms. The van der Waals surface area contributed by atoms with Gasteiger partial charge in [0.25, 0.3) is 0 Å². The predicted molar refractivity (Wildman–Crippen MR) is 53.2 cm³/mol. The van der Waals surface area contributed by atoms with Crippen LogP contribution in [0.15, 0.2) is 24.3 Å². The van der Waals surface area contributed by atoms with Crippen molar-refractivity contribution in [2.24, 2.45) is 0 Å². The summed E-state index contributed by atoms with van der Waals surface area (Å²) in [5.41, 5.74) is 5.82. The van der Waals surface area contributed by atoms with E-state index in [-0.39, 0.29) is 0 Å². The molecule has 0 heteroatoms. The Labute approximate surface area is 73.9 Å². The van der Waals surface area contributed by atoms with E-state index in [1.807, 2.05) is 0 Å². The van der Waals surface area contributed by atoms with E-state index in [1.165, 1.54) is 22.3 Å². The zero-order chi connectivity index (χ0) is 8.72. The molecule has 0 radical (unpaired) electrons. The second-order valence-corrected chi connectivity index (χ2v) is 3.68. The summed E-state index contributed by atoms with van der Waals surface area (Å²) in [6.45, 7) is 6.65. The van der Waals surface area contributed by atoms with E-state index in [0.717, 1.165) is 0 Å². The summed E-state index contributed by atoms with van der Waals surface area (Å²) in [6, 6.07) is 6.57. The van der Waals surface area contributed by atoms with Crippen molar-refractivity contribution < 1.29 is 0 Å². The van der Waals surface area contributed by atoms with Crippen LogP contribution in [0.4, 0.5) is 0 Å². The normalized spacial score (nSPS) is 20.6. The molecule has 0 nitrogen and oxygen atoms in total. The SMILES string of the molecule is CC1=CC(C)c2cccc(C)c21. The minimum atomic E-state index is 0.611. The molecule has 1 aliphatic rings. The Balaban J connectivity index is 2.68. The Hall–Kier alpha value is -1.04. The molecular weight excluding hydrogens is 144 g/mol. The van der Waals surface area contributed by atoms with Crippen molar-refractivity contribution in [2.45, 2.75) is 26.7 Å². The van der Waals surface area contributed by atoms with Gasteiger partial charge in [0.1, 0.15) is 0 Å². The van der Waals surface area contributed by atoms with Crippen LogP contribution >= 0.6 is 0 Å². The molecule has 1 aromatic rings. The van der Waals surface area contributed by atoms with Crippen molar-refractivity contribution >= 4 is 5.57 Å². The summed E-state index contributed by atoms with van der Waals surface area (Å²) in [7, 11) is 0. The third-order valence-corrected chi connectivity index (χ3v) is 2.69. The lowest BCUT2D eigenvalue weighted by atomic mass is 9.98. The lowest BCUT2D eigenvalue weighted by Gasteiger charge is -2.07. The first-order chi connectivity index (χ1) is 5.70. The standard InChI is InChI=1S/C12H14/c1-8-5-4-6-11-9(2)7-10(3)12(8)11/h4-7,9H,1-3H3. The van der Waals surface area contributed by atoms with Crippen LogP contribution in [0.2, 0.25) is 0 Å². The van der Waals surface area contributed by atoms with Crippen molar-refractivity contribution in [3.05, 3.63) is 41.0 Å². The Morgan fingerprint density at radius 3 is 2.58 bits per heavy atom. The fourth-order valence-electron chi connectivity index (χ4n) is 2.16. The second kappa shape index (κ2) is 2.48. The zero-order valence-corrected chi connectivity index (χ0v) is 7.89. The summed E-state index contributed by atoms with van der Waals surface area (Å²) >= 11 is 0. The van der Waals surface area contributed by atoms with E-state index in [1.54, 1.807) is 0 Å². The van der Waals surface area contributed by atoms with Gasteiger partial charge in [0.15, 0.2) is 0 Å². The summed E-state index contributed by atoms with van der Waals surface area (Å²) < 4.78 is 0. The number of allylic oxidation sites excluding steroid dienone is 2. The molecule has 0 aromatic heterocycles. The third-order valence-electron chi connectivity index (χ3n) is 2.69. The first-order valence-corrected chi connectivity index (χ1v) is 4.48. The van der Waals surface area contributed by atoms with E-state index in [4.69, 9.17) is 0 Å². The molecule has 0 spiro atoms. The average Bonchev–Trinajstić information content (AvgIpc) is 2.29. The van der Waals surface area contributed by atoms with Gasteiger partial charge in [0.2, 0.25) is 0 Å². The van der Waals surface area contributed by atoms with Gasteiger partial charge in [0.05, 0.1) is 0 Å². The highest BCUT2D eigenvalue weighted by molar-refractivity contribution is 5.75. The fraction of sp³-hybridized carbons (Fsp3) is 0.333. The van der Waals surface area contributed by atoms with Crippen molar-refractivity contribution in [3.63, 3.8) is 0 Å². The largest absolute Gasteiger partial charge is 0.0737 e. The number of benzene rings is 1. The minimum Gasteiger partial charge on any atom is -0.0737 e. The van der Waals surface area contributed by atoms with Crippen molar-refractivity contribution in [1.29, 1.82) is 0 Å². The van der Waals surface area contributed by atoms with Gasteiger partial charge >= 0.3 is 0 Å². The molecule has 0 amide bonds. The first kappa shape index (κ1) is 7.60. The number of hydrogen-bond acceptors (Lipinski definition) is 0. The summed E-state index contributed by atoms with van der Waals surface area (Å²) in [6.07, 6.45) is 2.34. The maximum Gasteiger partial charge on any atom is 0.000162 e. The fourth-order valence-corrected chi connectivity index (χ4v) is 2.16. The predicted octanol–water partition coefficient (Wildman–Crippen LogP) is 3.52. The average molecular weight is 158 g/mol. The topological polar surface area (TPSA) is 0 Å². The Morgan fingerprint density at radius 1 is 1.17 bits per heavy atom. The smallest absolute Gasteiger partial charge is 0.000162 e. The molecule has 0 aliphatic heterocycles. The van der Waals surface area contributed by atoms with Crippen LogP contribution in [0.25, 0.3) is 5.57 Å². The molecule has 1 atom stereocenters. The van der Waals surface area contributed by atoms with E-state index < -0.39 is 0 Å². The Morgan fingerprint density at radius 2 is 1.92 bits per heavy atom. The monoisotopic (exact) mass is 158 g/mol.